The van der Waals surface area contributed by atoms with E-state index in [-0.39, 0.29) is 6.04 Å². The summed E-state index contributed by atoms with van der Waals surface area (Å²) >= 11 is 3.67. The predicted octanol–water partition coefficient (Wildman–Crippen LogP) is 4.00. The molecular weight excluding hydrogens is 272 g/mol. The number of hydrazine groups is 1. The average Bonchev–Trinajstić information content (AvgIpc) is 2.95. The Kier molecular flexibility index (Phi) is 5.92. The second-order valence-electron chi connectivity index (χ2n) is 4.34. The van der Waals surface area contributed by atoms with Crippen molar-refractivity contribution in [2.24, 2.45) is 5.84 Å². The summed E-state index contributed by atoms with van der Waals surface area (Å²) in [6.07, 6.45) is 2.09. The van der Waals surface area contributed by atoms with Gasteiger partial charge in [0.2, 0.25) is 0 Å². The molecule has 1 aromatic heterocycles. The average molecular weight is 292 g/mol. The third-order valence-electron chi connectivity index (χ3n) is 3.05. The molecule has 0 aliphatic heterocycles. The van der Waals surface area contributed by atoms with Crippen LogP contribution >= 0.6 is 23.1 Å². The summed E-state index contributed by atoms with van der Waals surface area (Å²) in [4.78, 5) is 2.73. The van der Waals surface area contributed by atoms with E-state index in [1.54, 1.807) is 0 Å². The van der Waals surface area contributed by atoms with Crippen LogP contribution in [0.5, 0.6) is 0 Å². The molecule has 0 radical (unpaired) electrons. The summed E-state index contributed by atoms with van der Waals surface area (Å²) < 4.78 is 0. The molecule has 0 aliphatic rings. The fourth-order valence-corrected chi connectivity index (χ4v) is 3.44. The van der Waals surface area contributed by atoms with E-state index in [1.807, 2.05) is 23.1 Å². The van der Waals surface area contributed by atoms with Gasteiger partial charge in [0.15, 0.2) is 0 Å². The summed E-state index contributed by atoms with van der Waals surface area (Å²) in [5.41, 5.74) is 4.19. The molecule has 1 unspecified atom stereocenters. The molecule has 0 spiro atoms. The first-order chi connectivity index (χ1) is 9.33. The van der Waals surface area contributed by atoms with Gasteiger partial charge in [0.25, 0.3) is 0 Å². The SMILES string of the molecule is CCSc1ccc(C(CCc2cccs2)NN)cc1. The second-order valence-corrected chi connectivity index (χ2v) is 6.71. The maximum Gasteiger partial charge on any atom is 0.0463 e. The Bertz CT molecular complexity index is 465. The fraction of sp³-hybridized carbons (Fsp3) is 0.333. The lowest BCUT2D eigenvalue weighted by Crippen LogP contribution is -2.28. The minimum atomic E-state index is 0.225. The van der Waals surface area contributed by atoms with Gasteiger partial charge < -0.3 is 0 Å². The number of nitrogens with two attached hydrogens (primary N) is 1. The highest BCUT2D eigenvalue weighted by molar-refractivity contribution is 7.99. The van der Waals surface area contributed by atoms with Gasteiger partial charge in [0.05, 0.1) is 0 Å². The smallest absolute Gasteiger partial charge is 0.0463 e. The van der Waals surface area contributed by atoms with Crippen LogP contribution in [0.1, 0.15) is 29.8 Å². The van der Waals surface area contributed by atoms with Crippen molar-refractivity contribution in [2.75, 3.05) is 5.75 Å². The molecule has 2 rings (SSSR count). The Labute approximate surface area is 123 Å². The molecule has 0 saturated heterocycles. The van der Waals surface area contributed by atoms with Gasteiger partial charge in [-0.2, -0.15) is 0 Å². The molecular formula is C15H20N2S2. The maximum absolute atomic E-state index is 5.69. The minimum absolute atomic E-state index is 0.225. The van der Waals surface area contributed by atoms with Crippen molar-refractivity contribution in [1.82, 2.24) is 5.43 Å². The van der Waals surface area contributed by atoms with E-state index in [0.717, 1.165) is 18.6 Å². The van der Waals surface area contributed by atoms with Crippen molar-refractivity contribution in [1.29, 1.82) is 0 Å². The summed E-state index contributed by atoms with van der Waals surface area (Å²) in [6.45, 7) is 2.17. The van der Waals surface area contributed by atoms with Crippen molar-refractivity contribution < 1.29 is 0 Å². The lowest BCUT2D eigenvalue weighted by atomic mass is 10.0. The van der Waals surface area contributed by atoms with Crippen LogP contribution in [-0.4, -0.2) is 5.75 Å². The van der Waals surface area contributed by atoms with Gasteiger partial charge in [-0.3, -0.25) is 11.3 Å². The van der Waals surface area contributed by atoms with E-state index in [0.29, 0.717) is 0 Å². The van der Waals surface area contributed by atoms with Crippen molar-refractivity contribution >= 4 is 23.1 Å². The molecule has 1 heterocycles. The first-order valence-corrected chi connectivity index (χ1v) is 8.41. The van der Waals surface area contributed by atoms with Crippen LogP contribution in [0.3, 0.4) is 0 Å². The number of aryl methyl sites for hydroxylation is 1. The summed E-state index contributed by atoms with van der Waals surface area (Å²) in [7, 11) is 0. The number of hydrogen-bond acceptors (Lipinski definition) is 4. The zero-order chi connectivity index (χ0) is 13.5. The molecule has 0 amide bonds. The fourth-order valence-electron chi connectivity index (χ4n) is 2.05. The molecule has 0 fully saturated rings. The van der Waals surface area contributed by atoms with Crippen LogP contribution in [0, 0.1) is 0 Å². The zero-order valence-corrected chi connectivity index (χ0v) is 12.8. The third-order valence-corrected chi connectivity index (χ3v) is 4.88. The molecule has 2 aromatic rings. The van der Waals surface area contributed by atoms with Gasteiger partial charge in [-0.05, 0) is 47.7 Å². The van der Waals surface area contributed by atoms with E-state index < -0.39 is 0 Å². The highest BCUT2D eigenvalue weighted by Crippen LogP contribution is 2.24. The largest absolute Gasteiger partial charge is 0.271 e. The number of nitrogens with one attached hydrogen (secondary N) is 1. The van der Waals surface area contributed by atoms with E-state index in [1.165, 1.54) is 15.3 Å². The first-order valence-electron chi connectivity index (χ1n) is 6.54. The van der Waals surface area contributed by atoms with Crippen LogP contribution < -0.4 is 11.3 Å². The lowest BCUT2D eigenvalue weighted by molar-refractivity contribution is 0.518. The van der Waals surface area contributed by atoms with E-state index in [2.05, 4.69) is 54.1 Å². The molecule has 1 atom stereocenters. The van der Waals surface area contributed by atoms with Crippen molar-refractivity contribution in [3.05, 3.63) is 52.2 Å². The highest BCUT2D eigenvalue weighted by Gasteiger charge is 2.10. The van der Waals surface area contributed by atoms with Crippen LogP contribution in [-0.2, 0) is 6.42 Å². The molecule has 19 heavy (non-hydrogen) atoms. The molecule has 3 N–H and O–H groups in total. The van der Waals surface area contributed by atoms with Crippen LogP contribution in [0.15, 0.2) is 46.7 Å². The molecule has 2 nitrogen and oxygen atoms in total. The normalized spacial score (nSPS) is 12.5. The summed E-state index contributed by atoms with van der Waals surface area (Å²) in [5.74, 6) is 6.80. The van der Waals surface area contributed by atoms with Gasteiger partial charge in [-0.15, -0.1) is 23.1 Å². The molecule has 102 valence electrons. The van der Waals surface area contributed by atoms with Gasteiger partial charge in [0, 0.05) is 15.8 Å². The minimum Gasteiger partial charge on any atom is -0.271 e. The molecule has 0 bridgehead atoms. The highest BCUT2D eigenvalue weighted by atomic mass is 32.2. The molecule has 0 aliphatic carbocycles. The Morgan fingerprint density at radius 1 is 1.26 bits per heavy atom. The third kappa shape index (κ3) is 4.35. The van der Waals surface area contributed by atoms with E-state index in [4.69, 9.17) is 5.84 Å². The Balaban J connectivity index is 1.96. The number of thioether (sulfide) groups is 1. The standard InChI is InChI=1S/C15H20N2S2/c1-2-18-14-7-5-12(6-8-14)15(17-16)10-9-13-4-3-11-19-13/h3-8,11,15,17H,2,9-10,16H2,1H3. The van der Waals surface area contributed by atoms with Crippen molar-refractivity contribution in [2.45, 2.75) is 30.7 Å². The zero-order valence-electron chi connectivity index (χ0n) is 11.1. The Hall–Kier alpha value is -0.810. The summed E-state index contributed by atoms with van der Waals surface area (Å²) in [6, 6.07) is 13.2. The lowest BCUT2D eigenvalue weighted by Gasteiger charge is -2.16. The number of rotatable bonds is 7. The van der Waals surface area contributed by atoms with Crippen LogP contribution in [0.25, 0.3) is 0 Å². The van der Waals surface area contributed by atoms with Crippen molar-refractivity contribution in [3.63, 3.8) is 0 Å². The monoisotopic (exact) mass is 292 g/mol. The molecule has 0 saturated carbocycles. The van der Waals surface area contributed by atoms with Crippen molar-refractivity contribution in [3.8, 4) is 0 Å². The Morgan fingerprint density at radius 3 is 2.63 bits per heavy atom. The number of thiophene rings is 1. The summed E-state index contributed by atoms with van der Waals surface area (Å²) in [5, 5.41) is 2.12. The van der Waals surface area contributed by atoms with Gasteiger partial charge in [-0.1, -0.05) is 25.1 Å². The Morgan fingerprint density at radius 2 is 2.05 bits per heavy atom. The van der Waals surface area contributed by atoms with Gasteiger partial charge >= 0.3 is 0 Å². The number of benzene rings is 1. The van der Waals surface area contributed by atoms with E-state index in [9.17, 15) is 0 Å². The van der Waals surface area contributed by atoms with Gasteiger partial charge in [0.1, 0.15) is 0 Å². The topological polar surface area (TPSA) is 38.0 Å². The van der Waals surface area contributed by atoms with Crippen LogP contribution in [0.2, 0.25) is 0 Å². The second kappa shape index (κ2) is 7.70. The quantitative estimate of drug-likeness (QED) is 0.460. The van der Waals surface area contributed by atoms with Crippen LogP contribution in [0.4, 0.5) is 0 Å². The first kappa shape index (κ1) is 14.6. The predicted molar refractivity (Wildman–Crippen MR) is 85.5 cm³/mol. The van der Waals surface area contributed by atoms with E-state index >= 15 is 0 Å². The maximum atomic E-state index is 5.69. The van der Waals surface area contributed by atoms with Gasteiger partial charge in [-0.25, -0.2) is 0 Å². The number of hydrogen-bond donors (Lipinski definition) is 2. The molecule has 4 heteroatoms. The molecule has 1 aromatic carbocycles.